The number of hydrogen-bond acceptors (Lipinski definition) is 6. The molecule has 0 saturated heterocycles. The van der Waals surface area contributed by atoms with Crippen LogP contribution in [0.3, 0.4) is 0 Å². The smallest absolute Gasteiger partial charge is 0.317 e. The number of methoxy groups -OCH3 is 2. The van der Waals surface area contributed by atoms with Gasteiger partial charge in [-0.3, -0.25) is 9.59 Å². The van der Waals surface area contributed by atoms with E-state index < -0.39 is 17.8 Å². The highest BCUT2D eigenvalue weighted by Gasteiger charge is 2.41. The summed E-state index contributed by atoms with van der Waals surface area (Å²) >= 11 is 0. The van der Waals surface area contributed by atoms with Gasteiger partial charge in [0.1, 0.15) is 23.2 Å². The Hall–Kier alpha value is -3.02. The summed E-state index contributed by atoms with van der Waals surface area (Å²) < 4.78 is 21.3. The number of allylic oxidation sites excluding steroid dienone is 2. The standard InChI is InChI=1S/C21H22O6/c1-4-26-21(23)20-16(18-6-5-9-27-18)10-13(11-17(20)22)15-8-7-14(24-2)12-19(15)25-3/h5-9,11-12,16,20H,4,10H2,1-3H3. The van der Waals surface area contributed by atoms with Gasteiger partial charge in [-0.2, -0.15) is 0 Å². The average Bonchev–Trinajstić information content (AvgIpc) is 3.21. The van der Waals surface area contributed by atoms with Gasteiger partial charge in [0, 0.05) is 17.5 Å². The van der Waals surface area contributed by atoms with Gasteiger partial charge in [0.15, 0.2) is 5.78 Å². The molecule has 6 nitrogen and oxygen atoms in total. The molecular formula is C21H22O6. The van der Waals surface area contributed by atoms with Crippen LogP contribution in [0.2, 0.25) is 0 Å². The number of hydrogen-bond donors (Lipinski definition) is 0. The fraction of sp³-hybridized carbons (Fsp3) is 0.333. The molecule has 2 aromatic rings. The number of carbonyl (C=O) groups excluding carboxylic acids is 2. The minimum Gasteiger partial charge on any atom is -0.497 e. The lowest BCUT2D eigenvalue weighted by Crippen LogP contribution is -2.33. The first kappa shape index (κ1) is 18.8. The molecule has 2 atom stereocenters. The molecule has 0 N–H and O–H groups in total. The van der Waals surface area contributed by atoms with E-state index in [0.29, 0.717) is 23.7 Å². The number of carbonyl (C=O) groups is 2. The average molecular weight is 370 g/mol. The Bertz CT molecular complexity index is 850. The van der Waals surface area contributed by atoms with E-state index in [4.69, 9.17) is 18.6 Å². The molecule has 1 aromatic carbocycles. The van der Waals surface area contributed by atoms with Gasteiger partial charge in [0.25, 0.3) is 0 Å². The fourth-order valence-electron chi connectivity index (χ4n) is 3.40. The lowest BCUT2D eigenvalue weighted by molar-refractivity contribution is -0.151. The van der Waals surface area contributed by atoms with Crippen molar-refractivity contribution in [3.8, 4) is 11.5 Å². The SMILES string of the molecule is CCOC(=O)C1C(=O)C=C(c2ccc(OC)cc2OC)CC1c1ccco1. The number of furan rings is 1. The van der Waals surface area contributed by atoms with Crippen LogP contribution in [0.25, 0.3) is 5.57 Å². The summed E-state index contributed by atoms with van der Waals surface area (Å²) in [4.78, 5) is 25.2. The first-order chi connectivity index (χ1) is 13.1. The van der Waals surface area contributed by atoms with Gasteiger partial charge < -0.3 is 18.6 Å². The van der Waals surface area contributed by atoms with Gasteiger partial charge in [-0.25, -0.2) is 0 Å². The van der Waals surface area contributed by atoms with Crippen LogP contribution in [0, 0.1) is 5.92 Å². The zero-order valence-electron chi connectivity index (χ0n) is 15.6. The van der Waals surface area contributed by atoms with Crippen LogP contribution in [0.15, 0.2) is 47.1 Å². The second kappa shape index (κ2) is 8.12. The molecule has 0 saturated carbocycles. The van der Waals surface area contributed by atoms with E-state index in [1.807, 2.05) is 12.1 Å². The molecule has 2 unspecified atom stereocenters. The third-order valence-electron chi connectivity index (χ3n) is 4.67. The highest BCUT2D eigenvalue weighted by Crippen LogP contribution is 2.43. The van der Waals surface area contributed by atoms with Crippen LogP contribution in [0.5, 0.6) is 11.5 Å². The van der Waals surface area contributed by atoms with Gasteiger partial charge in [0.2, 0.25) is 0 Å². The van der Waals surface area contributed by atoms with E-state index in [-0.39, 0.29) is 12.4 Å². The van der Waals surface area contributed by atoms with Crippen molar-refractivity contribution in [2.75, 3.05) is 20.8 Å². The van der Waals surface area contributed by atoms with E-state index in [1.54, 1.807) is 39.3 Å². The summed E-state index contributed by atoms with van der Waals surface area (Å²) in [6.45, 7) is 1.94. The van der Waals surface area contributed by atoms with Gasteiger partial charge in [0.05, 0.1) is 27.1 Å². The third kappa shape index (κ3) is 3.74. The predicted molar refractivity (Wildman–Crippen MR) is 98.7 cm³/mol. The third-order valence-corrected chi connectivity index (χ3v) is 4.67. The van der Waals surface area contributed by atoms with Gasteiger partial charge in [-0.1, -0.05) is 0 Å². The number of ether oxygens (including phenoxy) is 3. The van der Waals surface area contributed by atoms with Crippen LogP contribution in [0.1, 0.15) is 30.6 Å². The summed E-state index contributed by atoms with van der Waals surface area (Å²) in [7, 11) is 3.14. The van der Waals surface area contributed by atoms with Crippen molar-refractivity contribution in [3.05, 3.63) is 54.0 Å². The maximum atomic E-state index is 12.8. The van der Waals surface area contributed by atoms with Crippen molar-refractivity contribution < 1.29 is 28.2 Å². The highest BCUT2D eigenvalue weighted by molar-refractivity contribution is 6.10. The largest absolute Gasteiger partial charge is 0.497 e. The Morgan fingerprint density at radius 2 is 2.04 bits per heavy atom. The minimum absolute atomic E-state index is 0.219. The Morgan fingerprint density at radius 3 is 2.67 bits per heavy atom. The van der Waals surface area contributed by atoms with Crippen molar-refractivity contribution in [1.82, 2.24) is 0 Å². The molecule has 27 heavy (non-hydrogen) atoms. The van der Waals surface area contributed by atoms with Crippen molar-refractivity contribution >= 4 is 17.3 Å². The van der Waals surface area contributed by atoms with Crippen LogP contribution < -0.4 is 9.47 Å². The lowest BCUT2D eigenvalue weighted by atomic mass is 9.75. The minimum atomic E-state index is -0.913. The van der Waals surface area contributed by atoms with E-state index in [2.05, 4.69) is 0 Å². The quantitative estimate of drug-likeness (QED) is 0.571. The molecule has 0 bridgehead atoms. The summed E-state index contributed by atoms with van der Waals surface area (Å²) in [6, 6.07) is 8.94. The summed E-state index contributed by atoms with van der Waals surface area (Å²) in [6.07, 6.45) is 3.49. The highest BCUT2D eigenvalue weighted by atomic mass is 16.5. The van der Waals surface area contributed by atoms with Gasteiger partial charge in [-0.05, 0) is 49.3 Å². The Labute approximate surface area is 157 Å². The number of ketones is 1. The molecule has 1 heterocycles. The van der Waals surface area contributed by atoms with E-state index >= 15 is 0 Å². The van der Waals surface area contributed by atoms with Crippen LogP contribution in [0.4, 0.5) is 0 Å². The first-order valence-electron chi connectivity index (χ1n) is 8.75. The predicted octanol–water partition coefficient (Wildman–Crippen LogP) is 3.62. The molecule has 3 rings (SSSR count). The van der Waals surface area contributed by atoms with E-state index in [1.165, 1.54) is 12.3 Å². The Balaban J connectivity index is 2.03. The molecule has 0 fully saturated rings. The molecule has 1 aliphatic rings. The maximum Gasteiger partial charge on any atom is 0.317 e. The topological polar surface area (TPSA) is 75.0 Å². The molecule has 6 heteroatoms. The van der Waals surface area contributed by atoms with Crippen molar-refractivity contribution in [1.29, 1.82) is 0 Å². The molecule has 1 aromatic heterocycles. The zero-order valence-corrected chi connectivity index (χ0v) is 15.6. The molecule has 1 aliphatic carbocycles. The van der Waals surface area contributed by atoms with Crippen LogP contribution in [-0.4, -0.2) is 32.6 Å². The fourth-order valence-corrected chi connectivity index (χ4v) is 3.40. The molecular weight excluding hydrogens is 348 g/mol. The van der Waals surface area contributed by atoms with Gasteiger partial charge in [-0.15, -0.1) is 0 Å². The number of esters is 1. The second-order valence-electron chi connectivity index (χ2n) is 6.19. The molecule has 0 radical (unpaired) electrons. The molecule has 0 aliphatic heterocycles. The summed E-state index contributed by atoms with van der Waals surface area (Å²) in [5.41, 5.74) is 1.56. The normalized spacial score (nSPS) is 19.4. The Morgan fingerprint density at radius 1 is 1.22 bits per heavy atom. The summed E-state index contributed by atoms with van der Waals surface area (Å²) in [5.74, 6) is -0.330. The van der Waals surface area contributed by atoms with Crippen molar-refractivity contribution in [2.24, 2.45) is 5.92 Å². The monoisotopic (exact) mass is 370 g/mol. The first-order valence-corrected chi connectivity index (χ1v) is 8.75. The number of benzene rings is 1. The number of rotatable bonds is 6. The molecule has 0 spiro atoms. The lowest BCUT2D eigenvalue weighted by Gasteiger charge is -2.28. The second-order valence-corrected chi connectivity index (χ2v) is 6.19. The summed E-state index contributed by atoms with van der Waals surface area (Å²) in [5, 5.41) is 0. The zero-order chi connectivity index (χ0) is 19.4. The van der Waals surface area contributed by atoms with Crippen molar-refractivity contribution in [2.45, 2.75) is 19.3 Å². The van der Waals surface area contributed by atoms with E-state index in [0.717, 1.165) is 11.1 Å². The van der Waals surface area contributed by atoms with E-state index in [9.17, 15) is 9.59 Å². The molecule has 0 amide bonds. The van der Waals surface area contributed by atoms with Gasteiger partial charge >= 0.3 is 5.97 Å². The maximum absolute atomic E-state index is 12.8. The molecule has 142 valence electrons. The van der Waals surface area contributed by atoms with Crippen LogP contribution in [-0.2, 0) is 14.3 Å². The van der Waals surface area contributed by atoms with Crippen LogP contribution >= 0.6 is 0 Å². The Kier molecular flexibility index (Phi) is 5.64. The van der Waals surface area contributed by atoms with Crippen molar-refractivity contribution in [3.63, 3.8) is 0 Å².